The second-order valence-corrected chi connectivity index (χ2v) is 5.28. The van der Waals surface area contributed by atoms with Gasteiger partial charge in [-0.25, -0.2) is 13.1 Å². The van der Waals surface area contributed by atoms with E-state index in [1.165, 1.54) is 18.3 Å². The predicted octanol–water partition coefficient (Wildman–Crippen LogP) is -0.558. The van der Waals surface area contributed by atoms with Gasteiger partial charge >= 0.3 is 0 Å². The van der Waals surface area contributed by atoms with E-state index in [1.807, 2.05) is 0 Å². The van der Waals surface area contributed by atoms with Crippen LogP contribution in [-0.2, 0) is 14.8 Å². The summed E-state index contributed by atoms with van der Waals surface area (Å²) in [6.07, 6.45) is 1.85. The highest BCUT2D eigenvalue weighted by Crippen LogP contribution is 2.10. The van der Waals surface area contributed by atoms with Gasteiger partial charge in [-0.15, -0.1) is 0 Å². The van der Waals surface area contributed by atoms with Crippen LogP contribution in [-0.4, -0.2) is 32.7 Å². The molecule has 1 atom stereocenters. The molecule has 1 aromatic rings. The van der Waals surface area contributed by atoms with Crippen molar-refractivity contribution in [3.05, 3.63) is 28.7 Å². The quantitative estimate of drug-likeness (QED) is 0.746. The molecule has 1 aliphatic heterocycles. The van der Waals surface area contributed by atoms with Gasteiger partial charge in [0, 0.05) is 24.9 Å². The third-order valence-electron chi connectivity index (χ3n) is 2.32. The summed E-state index contributed by atoms with van der Waals surface area (Å²) >= 11 is 0. The van der Waals surface area contributed by atoms with Crippen molar-refractivity contribution in [3.8, 4) is 0 Å². The molecule has 7 heteroatoms. The van der Waals surface area contributed by atoms with Crippen LogP contribution in [0.2, 0.25) is 0 Å². The van der Waals surface area contributed by atoms with Gasteiger partial charge in [0.05, 0.1) is 11.5 Å². The Balaban J connectivity index is 2.18. The molecule has 0 aliphatic carbocycles. The normalized spacial score (nSPS) is 21.1. The van der Waals surface area contributed by atoms with Crippen molar-refractivity contribution in [2.45, 2.75) is 17.4 Å². The van der Waals surface area contributed by atoms with E-state index in [0.29, 0.717) is 19.6 Å². The maximum atomic E-state index is 11.8. The summed E-state index contributed by atoms with van der Waals surface area (Å²) in [5.41, 5.74) is -0.330. The first-order valence-electron chi connectivity index (χ1n) is 4.87. The second-order valence-electron chi connectivity index (χ2n) is 3.57. The molecule has 1 fully saturated rings. The average Bonchev–Trinajstić information content (AvgIpc) is 2.70. The molecule has 2 N–H and O–H groups in total. The molecule has 2 rings (SSSR count). The highest BCUT2D eigenvalue weighted by Gasteiger charge is 2.23. The molecule has 1 aliphatic rings. The number of hydrogen-bond acceptors (Lipinski definition) is 4. The van der Waals surface area contributed by atoms with Gasteiger partial charge in [-0.1, -0.05) is 0 Å². The second kappa shape index (κ2) is 4.36. The summed E-state index contributed by atoms with van der Waals surface area (Å²) < 4.78 is 31.2. The Labute approximate surface area is 92.7 Å². The molecule has 16 heavy (non-hydrogen) atoms. The first-order valence-corrected chi connectivity index (χ1v) is 6.35. The summed E-state index contributed by atoms with van der Waals surface area (Å²) in [7, 11) is -3.56. The minimum Gasteiger partial charge on any atom is -0.380 e. The van der Waals surface area contributed by atoms with E-state index in [-0.39, 0.29) is 16.5 Å². The van der Waals surface area contributed by atoms with Crippen LogP contribution in [0.25, 0.3) is 0 Å². The zero-order valence-electron chi connectivity index (χ0n) is 8.47. The maximum Gasteiger partial charge on any atom is 0.247 e. The van der Waals surface area contributed by atoms with Gasteiger partial charge in [0.15, 0.2) is 0 Å². The number of hydrogen-bond donors (Lipinski definition) is 2. The Hall–Kier alpha value is -1.18. The third kappa shape index (κ3) is 2.49. The number of nitrogens with one attached hydrogen (secondary N) is 2. The Kier molecular flexibility index (Phi) is 3.08. The predicted molar refractivity (Wildman–Crippen MR) is 56.6 cm³/mol. The van der Waals surface area contributed by atoms with Crippen LogP contribution < -0.4 is 10.3 Å². The van der Waals surface area contributed by atoms with Crippen molar-refractivity contribution < 1.29 is 13.2 Å². The molecule has 0 saturated carbocycles. The van der Waals surface area contributed by atoms with Crippen LogP contribution in [0, 0.1) is 0 Å². The van der Waals surface area contributed by atoms with Crippen molar-refractivity contribution in [2.24, 2.45) is 0 Å². The van der Waals surface area contributed by atoms with Crippen molar-refractivity contribution >= 4 is 10.0 Å². The number of pyridine rings is 1. The monoisotopic (exact) mass is 244 g/mol. The molecule has 88 valence electrons. The lowest BCUT2D eigenvalue weighted by Crippen LogP contribution is -2.35. The van der Waals surface area contributed by atoms with E-state index in [9.17, 15) is 13.2 Å². The summed E-state index contributed by atoms with van der Waals surface area (Å²) in [6, 6.07) is 2.27. The van der Waals surface area contributed by atoms with E-state index in [1.54, 1.807) is 0 Å². The molecule has 0 amide bonds. The van der Waals surface area contributed by atoms with Crippen LogP contribution >= 0.6 is 0 Å². The first-order chi connectivity index (χ1) is 7.58. The zero-order valence-corrected chi connectivity index (χ0v) is 9.29. The van der Waals surface area contributed by atoms with Crippen molar-refractivity contribution in [3.63, 3.8) is 0 Å². The van der Waals surface area contributed by atoms with E-state index < -0.39 is 10.0 Å². The lowest BCUT2D eigenvalue weighted by molar-refractivity contribution is 0.192. The number of aromatic amines is 1. The summed E-state index contributed by atoms with van der Waals surface area (Å²) in [6.45, 7) is 0.960. The van der Waals surface area contributed by atoms with Gasteiger partial charge in [0.2, 0.25) is 15.6 Å². The van der Waals surface area contributed by atoms with Crippen LogP contribution in [0.3, 0.4) is 0 Å². The number of rotatable bonds is 3. The number of aromatic nitrogens is 1. The Morgan fingerprint density at radius 3 is 2.81 bits per heavy atom. The van der Waals surface area contributed by atoms with Gasteiger partial charge in [0.25, 0.3) is 0 Å². The minimum atomic E-state index is -3.56. The van der Waals surface area contributed by atoms with E-state index in [2.05, 4.69) is 9.71 Å². The molecule has 0 radical (unpaired) electrons. The smallest absolute Gasteiger partial charge is 0.247 e. The highest BCUT2D eigenvalue weighted by atomic mass is 32.2. The third-order valence-corrected chi connectivity index (χ3v) is 3.84. The largest absolute Gasteiger partial charge is 0.380 e. The Bertz CT molecular complexity index is 496. The zero-order chi connectivity index (χ0) is 11.6. The molecular weight excluding hydrogens is 232 g/mol. The van der Waals surface area contributed by atoms with E-state index in [0.717, 1.165) is 0 Å². The van der Waals surface area contributed by atoms with Crippen LogP contribution in [0.15, 0.2) is 28.0 Å². The van der Waals surface area contributed by atoms with Crippen molar-refractivity contribution in [1.82, 2.24) is 9.71 Å². The fourth-order valence-corrected chi connectivity index (χ4v) is 2.70. The highest BCUT2D eigenvalue weighted by molar-refractivity contribution is 7.89. The van der Waals surface area contributed by atoms with Gasteiger partial charge in [-0.3, -0.25) is 4.79 Å². The fraction of sp³-hybridized carbons (Fsp3) is 0.444. The maximum absolute atomic E-state index is 11.8. The Morgan fingerprint density at radius 1 is 1.44 bits per heavy atom. The van der Waals surface area contributed by atoms with Crippen molar-refractivity contribution in [1.29, 1.82) is 0 Å². The molecular formula is C9H12N2O4S. The number of ether oxygens (including phenoxy) is 1. The van der Waals surface area contributed by atoms with Crippen molar-refractivity contribution in [2.75, 3.05) is 13.2 Å². The summed E-state index contributed by atoms with van der Waals surface area (Å²) in [4.78, 5) is 13.2. The Morgan fingerprint density at radius 2 is 2.25 bits per heavy atom. The first kappa shape index (κ1) is 11.3. The molecule has 1 unspecified atom stereocenters. The van der Waals surface area contributed by atoms with E-state index >= 15 is 0 Å². The molecule has 1 aromatic heterocycles. The van der Waals surface area contributed by atoms with Crippen LogP contribution in [0.1, 0.15) is 6.42 Å². The number of sulfonamides is 1. The SMILES string of the molecule is O=c1ccc(S(=O)(=O)NC2CCOC2)c[nH]1. The molecule has 0 aromatic carbocycles. The molecule has 6 nitrogen and oxygen atoms in total. The fourth-order valence-electron chi connectivity index (χ4n) is 1.48. The number of H-pyrrole nitrogens is 1. The van der Waals surface area contributed by atoms with Gasteiger partial charge < -0.3 is 9.72 Å². The molecule has 2 heterocycles. The van der Waals surface area contributed by atoms with Gasteiger partial charge in [-0.2, -0.15) is 0 Å². The standard InChI is InChI=1S/C9H12N2O4S/c12-9-2-1-8(5-10-9)16(13,14)11-7-3-4-15-6-7/h1-2,5,7,11H,3-4,6H2,(H,10,12). The minimum absolute atomic E-state index is 0.0546. The average molecular weight is 244 g/mol. The van der Waals surface area contributed by atoms with Crippen LogP contribution in [0.4, 0.5) is 0 Å². The molecule has 1 saturated heterocycles. The van der Waals surface area contributed by atoms with E-state index in [4.69, 9.17) is 4.74 Å². The van der Waals surface area contributed by atoms with Crippen LogP contribution in [0.5, 0.6) is 0 Å². The molecule has 0 spiro atoms. The lowest BCUT2D eigenvalue weighted by atomic mass is 10.3. The lowest BCUT2D eigenvalue weighted by Gasteiger charge is -2.10. The van der Waals surface area contributed by atoms with Gasteiger partial charge in [0.1, 0.15) is 0 Å². The topological polar surface area (TPSA) is 88.3 Å². The summed E-state index contributed by atoms with van der Waals surface area (Å²) in [5.74, 6) is 0. The molecule has 0 bridgehead atoms. The van der Waals surface area contributed by atoms with Gasteiger partial charge in [-0.05, 0) is 12.5 Å². The summed E-state index contributed by atoms with van der Waals surface area (Å²) in [5, 5.41) is 0.